The maximum absolute atomic E-state index is 8.28. The van der Waals surface area contributed by atoms with E-state index in [0.29, 0.717) is 5.92 Å². The van der Waals surface area contributed by atoms with Crippen molar-refractivity contribution in [1.82, 2.24) is 4.98 Å². The van der Waals surface area contributed by atoms with E-state index in [1.807, 2.05) is 18.2 Å². The number of nitrogens with one attached hydrogen (secondary N) is 2. The molecule has 0 spiro atoms. The fourth-order valence-corrected chi connectivity index (χ4v) is 3.07. The number of nitrogens with zero attached hydrogens (tertiary/aromatic N) is 1. The molecule has 3 heteroatoms. The van der Waals surface area contributed by atoms with Crippen molar-refractivity contribution >= 4 is 22.3 Å². The maximum atomic E-state index is 8.28. The average Bonchev–Trinajstić information content (AvgIpc) is 2.62. The Balaban J connectivity index is 1.57. The molecule has 0 aliphatic carbocycles. The van der Waals surface area contributed by atoms with E-state index >= 15 is 0 Å². The summed E-state index contributed by atoms with van der Waals surface area (Å²) in [7, 11) is 0. The van der Waals surface area contributed by atoms with E-state index in [9.17, 15) is 0 Å². The monoisotopic (exact) mass is 317 g/mol. The van der Waals surface area contributed by atoms with Crippen molar-refractivity contribution in [3.05, 3.63) is 72.4 Å². The van der Waals surface area contributed by atoms with Crippen molar-refractivity contribution in [1.29, 1.82) is 5.41 Å². The fraction of sp³-hybridized carbons (Fsp3) is 0.238. The predicted molar refractivity (Wildman–Crippen MR) is 102 cm³/mol. The lowest BCUT2D eigenvalue weighted by atomic mass is 9.90. The van der Waals surface area contributed by atoms with Crippen LogP contribution in [-0.4, -0.2) is 17.2 Å². The summed E-state index contributed by atoms with van der Waals surface area (Å²) in [6, 6.07) is 20.7. The first kappa shape index (κ1) is 16.2. The minimum atomic E-state index is 0.346. The summed E-state index contributed by atoms with van der Waals surface area (Å²) in [5.41, 5.74) is 2.11. The molecule has 1 heterocycles. The Hall–Kier alpha value is -2.68. The standard InChI is InChI=1S/C21H23N3/c1-16(19-10-6-8-17-7-2-3-9-20(17)19)15-18(22)12-14-24-21-11-4-5-13-23-21/h2-11,13,16,22H,12,14-15H2,1H3,(H,23,24). The van der Waals surface area contributed by atoms with Gasteiger partial charge in [0, 0.05) is 24.9 Å². The molecule has 0 fully saturated rings. The molecule has 122 valence electrons. The van der Waals surface area contributed by atoms with Crippen molar-refractivity contribution in [2.24, 2.45) is 0 Å². The summed E-state index contributed by atoms with van der Waals surface area (Å²) in [5, 5.41) is 14.1. The van der Waals surface area contributed by atoms with Crippen LogP contribution in [0.2, 0.25) is 0 Å². The molecule has 2 aromatic carbocycles. The van der Waals surface area contributed by atoms with E-state index in [1.54, 1.807) is 6.20 Å². The lowest BCUT2D eigenvalue weighted by Gasteiger charge is -2.15. The third-order valence-electron chi connectivity index (χ3n) is 4.30. The van der Waals surface area contributed by atoms with E-state index in [4.69, 9.17) is 5.41 Å². The topological polar surface area (TPSA) is 48.8 Å². The Labute approximate surface area is 143 Å². The van der Waals surface area contributed by atoms with E-state index in [0.717, 1.165) is 30.9 Å². The van der Waals surface area contributed by atoms with E-state index < -0.39 is 0 Å². The van der Waals surface area contributed by atoms with Gasteiger partial charge in [-0.25, -0.2) is 4.98 Å². The third kappa shape index (κ3) is 3.99. The largest absolute Gasteiger partial charge is 0.370 e. The van der Waals surface area contributed by atoms with Crippen LogP contribution >= 0.6 is 0 Å². The van der Waals surface area contributed by atoms with Gasteiger partial charge in [-0.2, -0.15) is 0 Å². The first-order chi connectivity index (χ1) is 11.7. The van der Waals surface area contributed by atoms with Crippen molar-refractivity contribution in [3.63, 3.8) is 0 Å². The summed E-state index contributed by atoms with van der Waals surface area (Å²) >= 11 is 0. The van der Waals surface area contributed by atoms with Gasteiger partial charge in [-0.05, 0) is 40.8 Å². The molecule has 0 radical (unpaired) electrons. The van der Waals surface area contributed by atoms with Gasteiger partial charge in [0.2, 0.25) is 0 Å². The van der Waals surface area contributed by atoms with Gasteiger partial charge in [0.15, 0.2) is 0 Å². The molecule has 0 aliphatic heterocycles. The van der Waals surface area contributed by atoms with Crippen LogP contribution in [0.25, 0.3) is 10.8 Å². The summed E-state index contributed by atoms with van der Waals surface area (Å²) < 4.78 is 0. The van der Waals surface area contributed by atoms with Gasteiger partial charge in [0.05, 0.1) is 0 Å². The highest BCUT2D eigenvalue weighted by atomic mass is 15.0. The minimum absolute atomic E-state index is 0.346. The quantitative estimate of drug-likeness (QED) is 0.585. The fourth-order valence-electron chi connectivity index (χ4n) is 3.07. The van der Waals surface area contributed by atoms with Crippen LogP contribution in [0.15, 0.2) is 66.9 Å². The lowest BCUT2D eigenvalue weighted by Crippen LogP contribution is -2.11. The second kappa shape index (κ2) is 7.73. The molecule has 0 bridgehead atoms. The first-order valence-electron chi connectivity index (χ1n) is 8.43. The van der Waals surface area contributed by atoms with Crippen LogP contribution in [0.3, 0.4) is 0 Å². The van der Waals surface area contributed by atoms with Crippen molar-refractivity contribution in [2.75, 3.05) is 11.9 Å². The number of anilines is 1. The van der Waals surface area contributed by atoms with Crippen molar-refractivity contribution in [2.45, 2.75) is 25.7 Å². The third-order valence-corrected chi connectivity index (χ3v) is 4.30. The number of pyridine rings is 1. The number of benzene rings is 2. The zero-order valence-corrected chi connectivity index (χ0v) is 14.0. The van der Waals surface area contributed by atoms with E-state index in [2.05, 4.69) is 59.7 Å². The highest BCUT2D eigenvalue weighted by molar-refractivity contribution is 5.88. The first-order valence-corrected chi connectivity index (χ1v) is 8.43. The molecule has 0 aliphatic rings. The Morgan fingerprint density at radius 2 is 1.83 bits per heavy atom. The smallest absolute Gasteiger partial charge is 0.125 e. The molecular weight excluding hydrogens is 294 g/mol. The zero-order valence-electron chi connectivity index (χ0n) is 14.0. The molecular formula is C21H23N3. The van der Waals surface area contributed by atoms with Crippen LogP contribution in [-0.2, 0) is 0 Å². The van der Waals surface area contributed by atoms with Crippen LogP contribution in [0.1, 0.15) is 31.2 Å². The SMILES string of the molecule is CC(CC(=N)CCNc1ccccn1)c1cccc2ccccc12. The Morgan fingerprint density at radius 1 is 1.04 bits per heavy atom. The highest BCUT2D eigenvalue weighted by Crippen LogP contribution is 2.28. The van der Waals surface area contributed by atoms with Gasteiger partial charge >= 0.3 is 0 Å². The van der Waals surface area contributed by atoms with E-state index in [-0.39, 0.29) is 0 Å². The maximum Gasteiger partial charge on any atom is 0.125 e. The summed E-state index contributed by atoms with van der Waals surface area (Å²) in [5.74, 6) is 1.21. The Bertz CT molecular complexity index is 806. The highest BCUT2D eigenvalue weighted by Gasteiger charge is 2.11. The second-order valence-electron chi connectivity index (χ2n) is 6.17. The van der Waals surface area contributed by atoms with Crippen molar-refractivity contribution < 1.29 is 0 Å². The number of fused-ring (bicyclic) bond motifs is 1. The van der Waals surface area contributed by atoms with Crippen LogP contribution in [0, 0.1) is 5.41 Å². The number of aromatic nitrogens is 1. The number of rotatable bonds is 7. The van der Waals surface area contributed by atoms with Crippen LogP contribution < -0.4 is 5.32 Å². The zero-order chi connectivity index (χ0) is 16.8. The molecule has 2 N–H and O–H groups in total. The number of hydrogen-bond acceptors (Lipinski definition) is 3. The molecule has 1 atom stereocenters. The lowest BCUT2D eigenvalue weighted by molar-refractivity contribution is 0.795. The summed E-state index contributed by atoms with van der Waals surface area (Å²) in [4.78, 5) is 4.24. The molecule has 0 amide bonds. The average molecular weight is 317 g/mol. The minimum Gasteiger partial charge on any atom is -0.370 e. The van der Waals surface area contributed by atoms with Gasteiger partial charge < -0.3 is 10.7 Å². The molecule has 3 rings (SSSR count). The molecule has 1 aromatic heterocycles. The molecule has 24 heavy (non-hydrogen) atoms. The van der Waals surface area contributed by atoms with Crippen LogP contribution in [0.5, 0.6) is 0 Å². The predicted octanol–water partition coefficient (Wildman–Crippen LogP) is 5.25. The van der Waals surface area contributed by atoms with E-state index in [1.165, 1.54) is 16.3 Å². The van der Waals surface area contributed by atoms with Gasteiger partial charge in [0.1, 0.15) is 5.82 Å². The van der Waals surface area contributed by atoms with Crippen LogP contribution in [0.4, 0.5) is 5.82 Å². The van der Waals surface area contributed by atoms with Crippen molar-refractivity contribution in [3.8, 4) is 0 Å². The van der Waals surface area contributed by atoms with Gasteiger partial charge in [0.25, 0.3) is 0 Å². The summed E-state index contributed by atoms with van der Waals surface area (Å²) in [6.45, 7) is 2.96. The number of hydrogen-bond donors (Lipinski definition) is 2. The second-order valence-corrected chi connectivity index (χ2v) is 6.17. The normalized spacial score (nSPS) is 12.0. The molecule has 1 unspecified atom stereocenters. The molecule has 0 saturated carbocycles. The Morgan fingerprint density at radius 3 is 2.67 bits per heavy atom. The molecule has 3 nitrogen and oxygen atoms in total. The van der Waals surface area contributed by atoms with Gasteiger partial charge in [-0.1, -0.05) is 55.5 Å². The molecule has 3 aromatic rings. The Kier molecular flexibility index (Phi) is 5.22. The van der Waals surface area contributed by atoms with Gasteiger partial charge in [-0.15, -0.1) is 0 Å². The summed E-state index contributed by atoms with van der Waals surface area (Å²) in [6.07, 6.45) is 3.31. The molecule has 0 saturated heterocycles. The van der Waals surface area contributed by atoms with Gasteiger partial charge in [-0.3, -0.25) is 0 Å².